The molecule has 1 N–H and O–H groups in total. The van der Waals surface area contributed by atoms with Crippen LogP contribution in [0.15, 0.2) is 18.2 Å². The van der Waals surface area contributed by atoms with E-state index in [4.69, 9.17) is 23.2 Å². The van der Waals surface area contributed by atoms with Crippen molar-refractivity contribution in [3.05, 3.63) is 33.8 Å². The topological polar surface area (TPSA) is 49.4 Å². The number of carbonyl (C=O) groups excluding carboxylic acids is 2. The lowest BCUT2D eigenvalue weighted by atomic mass is 9.77. The molecule has 3 unspecified atom stereocenters. The minimum Gasteiger partial charge on any atom is -0.354 e. The van der Waals surface area contributed by atoms with Crippen molar-refractivity contribution < 1.29 is 9.59 Å². The van der Waals surface area contributed by atoms with Gasteiger partial charge in [-0.25, -0.2) is 0 Å². The molecule has 1 heterocycles. The first-order valence-electron chi connectivity index (χ1n) is 10.5. The van der Waals surface area contributed by atoms with E-state index < -0.39 is 0 Å². The number of nitrogens with one attached hydrogen (secondary N) is 1. The number of carbonyl (C=O) groups is 2. The highest BCUT2D eigenvalue weighted by atomic mass is 35.5. The smallest absolute Gasteiger partial charge is 0.237 e. The molecule has 0 bridgehead atoms. The first-order valence-corrected chi connectivity index (χ1v) is 11.3. The maximum absolute atomic E-state index is 13.0. The largest absolute Gasteiger partial charge is 0.354 e. The Morgan fingerprint density at radius 1 is 1.21 bits per heavy atom. The standard InChI is InChI=1S/C22H30Cl2N2O2/c23-18-10-9-16(19(24)15-18)11-12-25-22(28)21(8-4-14-27)26-13-3-6-17-5-1-2-7-20(17)26/h9-10,14-15,17,20-21H,1-8,11-13H2,(H,25,28). The third-order valence-electron chi connectivity index (χ3n) is 6.26. The van der Waals surface area contributed by atoms with Gasteiger partial charge in [0.15, 0.2) is 0 Å². The number of nitrogens with zero attached hydrogens (tertiary/aromatic N) is 1. The number of benzene rings is 1. The van der Waals surface area contributed by atoms with Crippen LogP contribution in [-0.2, 0) is 16.0 Å². The fraction of sp³-hybridized carbons (Fsp3) is 0.636. The first-order chi connectivity index (χ1) is 13.6. The quantitative estimate of drug-likeness (QED) is 0.617. The van der Waals surface area contributed by atoms with Crippen LogP contribution in [0.1, 0.15) is 56.9 Å². The van der Waals surface area contributed by atoms with Gasteiger partial charge in [-0.1, -0.05) is 42.1 Å². The summed E-state index contributed by atoms with van der Waals surface area (Å²) in [6.07, 6.45) is 10.0. The molecule has 0 aromatic heterocycles. The highest BCUT2D eigenvalue weighted by Gasteiger charge is 2.38. The lowest BCUT2D eigenvalue weighted by molar-refractivity contribution is -0.129. The third kappa shape index (κ3) is 5.49. The molecule has 6 heteroatoms. The predicted molar refractivity (Wildman–Crippen MR) is 114 cm³/mol. The van der Waals surface area contributed by atoms with Gasteiger partial charge in [0.2, 0.25) is 5.91 Å². The van der Waals surface area contributed by atoms with Crippen LogP contribution in [-0.4, -0.2) is 42.3 Å². The zero-order chi connectivity index (χ0) is 19.9. The van der Waals surface area contributed by atoms with Crippen LogP contribution in [0.2, 0.25) is 10.0 Å². The number of likely N-dealkylation sites (tertiary alicyclic amines) is 1. The maximum Gasteiger partial charge on any atom is 0.237 e. The van der Waals surface area contributed by atoms with E-state index in [9.17, 15) is 9.59 Å². The van der Waals surface area contributed by atoms with Crippen molar-refractivity contribution in [1.82, 2.24) is 10.2 Å². The zero-order valence-corrected chi connectivity index (χ0v) is 17.9. The molecule has 0 radical (unpaired) electrons. The molecule has 1 saturated heterocycles. The molecule has 1 saturated carbocycles. The van der Waals surface area contributed by atoms with Crippen molar-refractivity contribution >= 4 is 35.4 Å². The Morgan fingerprint density at radius 3 is 2.79 bits per heavy atom. The molecular weight excluding hydrogens is 395 g/mol. The minimum atomic E-state index is -0.211. The monoisotopic (exact) mass is 424 g/mol. The van der Waals surface area contributed by atoms with E-state index in [0.29, 0.717) is 47.8 Å². The van der Waals surface area contributed by atoms with E-state index in [1.54, 1.807) is 6.07 Å². The zero-order valence-electron chi connectivity index (χ0n) is 16.3. The number of amides is 1. The maximum atomic E-state index is 13.0. The van der Waals surface area contributed by atoms with Crippen LogP contribution >= 0.6 is 23.2 Å². The highest BCUT2D eigenvalue weighted by molar-refractivity contribution is 6.35. The van der Waals surface area contributed by atoms with Gasteiger partial charge >= 0.3 is 0 Å². The van der Waals surface area contributed by atoms with E-state index in [0.717, 1.165) is 24.8 Å². The van der Waals surface area contributed by atoms with Gasteiger partial charge in [-0.05, 0) is 68.7 Å². The van der Waals surface area contributed by atoms with Crippen molar-refractivity contribution in [1.29, 1.82) is 0 Å². The summed E-state index contributed by atoms with van der Waals surface area (Å²) in [5.74, 6) is 0.750. The number of rotatable bonds is 8. The molecule has 1 aromatic carbocycles. The SMILES string of the molecule is O=CCCC(C(=O)NCCc1ccc(Cl)cc1Cl)N1CCCC2CCCCC21. The van der Waals surface area contributed by atoms with Gasteiger partial charge in [0.1, 0.15) is 6.29 Å². The number of halogens is 2. The first kappa shape index (κ1) is 21.6. The lowest BCUT2D eigenvalue weighted by Gasteiger charge is -2.47. The summed E-state index contributed by atoms with van der Waals surface area (Å²) < 4.78 is 0. The second kappa shape index (κ2) is 10.6. The predicted octanol–water partition coefficient (Wildman–Crippen LogP) is 4.65. The summed E-state index contributed by atoms with van der Waals surface area (Å²) in [5.41, 5.74) is 0.973. The molecular formula is C22H30Cl2N2O2. The van der Waals surface area contributed by atoms with Crippen molar-refractivity contribution in [3.63, 3.8) is 0 Å². The molecule has 1 aromatic rings. The van der Waals surface area contributed by atoms with Crippen LogP contribution in [0, 0.1) is 5.92 Å². The molecule has 1 aliphatic heterocycles. The number of hydrogen-bond acceptors (Lipinski definition) is 3. The highest BCUT2D eigenvalue weighted by Crippen LogP contribution is 2.36. The van der Waals surface area contributed by atoms with E-state index >= 15 is 0 Å². The fourth-order valence-electron chi connectivity index (χ4n) is 4.89. The Kier molecular flexibility index (Phi) is 8.19. The van der Waals surface area contributed by atoms with Crippen molar-refractivity contribution in [2.24, 2.45) is 5.92 Å². The van der Waals surface area contributed by atoms with E-state index in [2.05, 4.69) is 10.2 Å². The van der Waals surface area contributed by atoms with Gasteiger partial charge in [0.25, 0.3) is 0 Å². The van der Waals surface area contributed by atoms with Crippen LogP contribution < -0.4 is 5.32 Å². The van der Waals surface area contributed by atoms with E-state index in [1.165, 1.54) is 32.1 Å². The Hall–Kier alpha value is -1.10. The second-order valence-corrected chi connectivity index (χ2v) is 8.87. The molecule has 3 rings (SSSR count). The number of aldehydes is 1. The Labute approximate surface area is 177 Å². The molecule has 0 spiro atoms. The Morgan fingerprint density at radius 2 is 2.00 bits per heavy atom. The van der Waals surface area contributed by atoms with Gasteiger partial charge in [-0.3, -0.25) is 9.69 Å². The van der Waals surface area contributed by atoms with Crippen molar-refractivity contribution in [3.8, 4) is 0 Å². The van der Waals surface area contributed by atoms with Gasteiger partial charge in [-0.15, -0.1) is 0 Å². The molecule has 3 atom stereocenters. The average molecular weight is 425 g/mol. The van der Waals surface area contributed by atoms with Crippen LogP contribution in [0.4, 0.5) is 0 Å². The van der Waals surface area contributed by atoms with Gasteiger partial charge in [-0.2, -0.15) is 0 Å². The number of fused-ring (bicyclic) bond motifs is 1. The third-order valence-corrected chi connectivity index (χ3v) is 6.84. The number of piperidine rings is 1. The fourth-order valence-corrected chi connectivity index (χ4v) is 5.39. The van der Waals surface area contributed by atoms with Crippen LogP contribution in [0.5, 0.6) is 0 Å². The number of hydrogen-bond donors (Lipinski definition) is 1. The summed E-state index contributed by atoms with van der Waals surface area (Å²) >= 11 is 12.2. The molecule has 1 amide bonds. The van der Waals surface area contributed by atoms with Crippen molar-refractivity contribution in [2.75, 3.05) is 13.1 Å². The molecule has 154 valence electrons. The summed E-state index contributed by atoms with van der Waals surface area (Å²) in [6.45, 7) is 1.49. The molecule has 4 nitrogen and oxygen atoms in total. The second-order valence-electron chi connectivity index (χ2n) is 8.03. The average Bonchev–Trinajstić information content (AvgIpc) is 2.70. The summed E-state index contributed by atoms with van der Waals surface area (Å²) in [5, 5.41) is 4.32. The Balaban J connectivity index is 1.61. The summed E-state index contributed by atoms with van der Waals surface area (Å²) in [7, 11) is 0. The molecule has 2 aliphatic rings. The van der Waals surface area contributed by atoms with E-state index in [-0.39, 0.29) is 11.9 Å². The minimum absolute atomic E-state index is 0.0400. The van der Waals surface area contributed by atoms with E-state index in [1.807, 2.05) is 12.1 Å². The van der Waals surface area contributed by atoms with Crippen LogP contribution in [0.3, 0.4) is 0 Å². The Bertz CT molecular complexity index is 681. The summed E-state index contributed by atoms with van der Waals surface area (Å²) in [6, 6.07) is 5.73. The lowest BCUT2D eigenvalue weighted by Crippen LogP contribution is -2.56. The molecule has 2 fully saturated rings. The van der Waals surface area contributed by atoms with Gasteiger partial charge < -0.3 is 10.1 Å². The molecule has 28 heavy (non-hydrogen) atoms. The van der Waals surface area contributed by atoms with Crippen LogP contribution in [0.25, 0.3) is 0 Å². The van der Waals surface area contributed by atoms with Crippen molar-refractivity contribution in [2.45, 2.75) is 69.9 Å². The summed E-state index contributed by atoms with van der Waals surface area (Å²) in [4.78, 5) is 26.4. The van der Waals surface area contributed by atoms with Gasteiger partial charge in [0.05, 0.1) is 6.04 Å². The molecule has 1 aliphatic carbocycles. The normalized spacial score (nSPS) is 23.6. The van der Waals surface area contributed by atoms with Gasteiger partial charge in [0, 0.05) is 29.1 Å².